The van der Waals surface area contributed by atoms with Gasteiger partial charge in [0.2, 0.25) is 0 Å². The van der Waals surface area contributed by atoms with E-state index >= 15 is 0 Å². The molecule has 0 atom stereocenters. The third-order valence-corrected chi connectivity index (χ3v) is 2.34. The lowest BCUT2D eigenvalue weighted by molar-refractivity contribution is -0.138. The second kappa shape index (κ2) is 4.69. The summed E-state index contributed by atoms with van der Waals surface area (Å²) >= 11 is 0. The third kappa shape index (κ3) is 2.44. The highest BCUT2D eigenvalue weighted by Crippen LogP contribution is 2.23. The lowest BCUT2D eigenvalue weighted by atomic mass is 10.2. The summed E-state index contributed by atoms with van der Waals surface area (Å²) in [6, 6.07) is 8.73. The van der Waals surface area contributed by atoms with E-state index in [1.165, 1.54) is 7.11 Å². The highest BCUT2D eigenvalue weighted by Gasteiger charge is 2.04. The maximum atomic E-state index is 11.0. The van der Waals surface area contributed by atoms with Crippen LogP contribution in [0, 0.1) is 0 Å². The van der Waals surface area contributed by atoms with Gasteiger partial charge in [0.25, 0.3) is 0 Å². The first-order valence-electron chi connectivity index (χ1n) is 5.10. The molecule has 0 radical (unpaired) electrons. The smallest absolute Gasteiger partial charge is 0.325 e. The molecular weight excluding hydrogens is 220 g/mol. The highest BCUT2D eigenvalue weighted by atomic mass is 16.5. The van der Waals surface area contributed by atoms with Gasteiger partial charge in [-0.1, -0.05) is 12.1 Å². The van der Waals surface area contributed by atoms with Gasteiger partial charge in [0.1, 0.15) is 23.6 Å². The van der Waals surface area contributed by atoms with Crippen LogP contribution < -0.4 is 5.32 Å². The molecule has 5 heteroatoms. The average molecular weight is 232 g/mol. The Labute approximate surface area is 98.0 Å². The van der Waals surface area contributed by atoms with Crippen molar-refractivity contribution in [3.63, 3.8) is 0 Å². The number of para-hydroxylation sites is 1. The number of fused-ring (bicyclic) bond motifs is 1. The first kappa shape index (κ1) is 11.2. The van der Waals surface area contributed by atoms with Crippen LogP contribution in [0.25, 0.3) is 10.9 Å². The number of ether oxygens (including phenoxy) is 1. The zero-order chi connectivity index (χ0) is 12.3. The summed E-state index contributed by atoms with van der Waals surface area (Å²) in [4.78, 5) is 15.2. The second-order valence-corrected chi connectivity index (χ2v) is 3.48. The number of aromatic hydroxyl groups is 1. The zero-order valence-electron chi connectivity index (χ0n) is 9.30. The minimum Gasteiger partial charge on any atom is -0.506 e. The lowest BCUT2D eigenvalue weighted by Crippen LogP contribution is -2.15. The van der Waals surface area contributed by atoms with Gasteiger partial charge in [0, 0.05) is 5.39 Å². The molecule has 2 N–H and O–H groups in total. The van der Waals surface area contributed by atoms with Crippen molar-refractivity contribution in [3.8, 4) is 5.75 Å². The normalized spacial score (nSPS) is 10.2. The summed E-state index contributed by atoms with van der Waals surface area (Å²) in [5.41, 5.74) is 0.502. The van der Waals surface area contributed by atoms with Crippen molar-refractivity contribution in [2.75, 3.05) is 19.0 Å². The highest BCUT2D eigenvalue weighted by molar-refractivity contribution is 5.85. The van der Waals surface area contributed by atoms with E-state index in [2.05, 4.69) is 15.0 Å². The van der Waals surface area contributed by atoms with Gasteiger partial charge in [-0.2, -0.15) is 0 Å². The van der Waals surface area contributed by atoms with Crippen molar-refractivity contribution in [2.45, 2.75) is 0 Å². The molecule has 0 aliphatic heterocycles. The topological polar surface area (TPSA) is 71.5 Å². The van der Waals surface area contributed by atoms with E-state index in [1.807, 2.05) is 12.1 Å². The van der Waals surface area contributed by atoms with Crippen LogP contribution in [0.1, 0.15) is 0 Å². The van der Waals surface area contributed by atoms with E-state index < -0.39 is 0 Å². The zero-order valence-corrected chi connectivity index (χ0v) is 9.30. The van der Waals surface area contributed by atoms with Crippen molar-refractivity contribution in [1.82, 2.24) is 4.98 Å². The van der Waals surface area contributed by atoms with E-state index in [0.29, 0.717) is 11.3 Å². The second-order valence-electron chi connectivity index (χ2n) is 3.48. The maximum absolute atomic E-state index is 11.0. The molecular formula is C12H12N2O3. The first-order chi connectivity index (χ1) is 8.20. The Hall–Kier alpha value is -2.30. The van der Waals surface area contributed by atoms with Crippen molar-refractivity contribution in [3.05, 3.63) is 30.3 Å². The number of benzene rings is 1. The predicted octanol–water partition coefficient (Wildman–Crippen LogP) is 1.53. The Morgan fingerprint density at radius 1 is 1.41 bits per heavy atom. The molecule has 88 valence electrons. The summed E-state index contributed by atoms with van der Waals surface area (Å²) < 4.78 is 4.50. The number of methoxy groups -OCH3 is 1. The number of nitrogens with zero attached hydrogens (tertiary/aromatic N) is 1. The van der Waals surface area contributed by atoms with Crippen LogP contribution in [0.15, 0.2) is 30.3 Å². The number of hydrogen-bond acceptors (Lipinski definition) is 5. The molecule has 0 aliphatic carbocycles. The Kier molecular flexibility index (Phi) is 3.09. The molecule has 0 spiro atoms. The fraction of sp³-hybridized carbons (Fsp3) is 0.167. The molecule has 0 bridgehead atoms. The van der Waals surface area contributed by atoms with Crippen molar-refractivity contribution in [1.29, 1.82) is 0 Å². The fourth-order valence-corrected chi connectivity index (χ4v) is 1.46. The first-order valence-corrected chi connectivity index (χ1v) is 5.10. The molecule has 5 nitrogen and oxygen atoms in total. The average Bonchev–Trinajstić information content (AvgIpc) is 2.36. The number of phenols is 1. The summed E-state index contributed by atoms with van der Waals surface area (Å²) in [6.45, 7) is 0.0442. The van der Waals surface area contributed by atoms with Crippen LogP contribution in [-0.4, -0.2) is 29.7 Å². The van der Waals surface area contributed by atoms with Crippen LogP contribution in [0.5, 0.6) is 5.75 Å². The van der Waals surface area contributed by atoms with Crippen LogP contribution in [0.4, 0.5) is 5.82 Å². The van der Waals surface area contributed by atoms with Gasteiger partial charge in [-0.3, -0.25) is 4.79 Å². The van der Waals surface area contributed by atoms with E-state index in [9.17, 15) is 9.90 Å². The Morgan fingerprint density at radius 2 is 2.24 bits per heavy atom. The van der Waals surface area contributed by atoms with Gasteiger partial charge < -0.3 is 15.2 Å². The predicted molar refractivity (Wildman–Crippen MR) is 63.9 cm³/mol. The van der Waals surface area contributed by atoms with Gasteiger partial charge in [0.15, 0.2) is 0 Å². The number of anilines is 1. The number of aromatic nitrogens is 1. The molecule has 0 unspecified atom stereocenters. The van der Waals surface area contributed by atoms with Crippen molar-refractivity contribution < 1.29 is 14.6 Å². The summed E-state index contributed by atoms with van der Waals surface area (Å²) in [7, 11) is 1.32. The Morgan fingerprint density at radius 3 is 3.00 bits per heavy atom. The Bertz CT molecular complexity index is 554. The summed E-state index contributed by atoms with van der Waals surface area (Å²) in [5, 5.41) is 13.3. The SMILES string of the molecule is COC(=O)CNc1ccc2cccc(O)c2n1. The minimum atomic E-state index is -0.371. The summed E-state index contributed by atoms with van der Waals surface area (Å²) in [5.74, 6) is 0.262. The van der Waals surface area contributed by atoms with Gasteiger partial charge in [-0.25, -0.2) is 4.98 Å². The number of carbonyl (C=O) groups is 1. The molecule has 1 aromatic carbocycles. The molecule has 0 amide bonds. The van der Waals surface area contributed by atoms with Gasteiger partial charge in [0.05, 0.1) is 7.11 Å². The number of carbonyl (C=O) groups excluding carboxylic acids is 1. The molecule has 0 saturated carbocycles. The number of pyridine rings is 1. The maximum Gasteiger partial charge on any atom is 0.325 e. The van der Waals surface area contributed by atoms with Crippen LogP contribution in [0.2, 0.25) is 0 Å². The summed E-state index contributed by atoms with van der Waals surface area (Å²) in [6.07, 6.45) is 0. The van der Waals surface area contributed by atoms with Gasteiger partial charge in [-0.05, 0) is 18.2 Å². The monoisotopic (exact) mass is 232 g/mol. The molecule has 0 saturated heterocycles. The number of esters is 1. The van der Waals surface area contributed by atoms with Crippen LogP contribution >= 0.6 is 0 Å². The molecule has 0 aliphatic rings. The number of rotatable bonds is 3. The molecule has 2 aromatic rings. The number of nitrogens with one attached hydrogen (secondary N) is 1. The van der Waals surface area contributed by atoms with Crippen molar-refractivity contribution >= 4 is 22.7 Å². The third-order valence-electron chi connectivity index (χ3n) is 2.34. The van der Waals surface area contributed by atoms with E-state index in [0.717, 1.165) is 5.39 Å². The van der Waals surface area contributed by atoms with Crippen LogP contribution in [-0.2, 0) is 9.53 Å². The number of phenolic OH excluding ortho intramolecular Hbond substituents is 1. The van der Waals surface area contributed by atoms with E-state index in [-0.39, 0.29) is 18.3 Å². The van der Waals surface area contributed by atoms with Gasteiger partial charge >= 0.3 is 5.97 Å². The largest absolute Gasteiger partial charge is 0.506 e. The van der Waals surface area contributed by atoms with E-state index in [4.69, 9.17) is 0 Å². The Balaban J connectivity index is 2.25. The fourth-order valence-electron chi connectivity index (χ4n) is 1.46. The standard InChI is InChI=1S/C12H12N2O3/c1-17-11(16)7-13-10-6-5-8-3-2-4-9(15)12(8)14-10/h2-6,15H,7H2,1H3,(H,13,14). The lowest BCUT2D eigenvalue weighted by Gasteiger charge is -2.06. The molecule has 0 fully saturated rings. The van der Waals surface area contributed by atoms with Crippen LogP contribution in [0.3, 0.4) is 0 Å². The molecule has 1 aromatic heterocycles. The quantitative estimate of drug-likeness (QED) is 0.785. The van der Waals surface area contributed by atoms with Gasteiger partial charge in [-0.15, -0.1) is 0 Å². The van der Waals surface area contributed by atoms with Crippen molar-refractivity contribution in [2.24, 2.45) is 0 Å². The molecule has 2 rings (SSSR count). The van der Waals surface area contributed by atoms with E-state index in [1.54, 1.807) is 18.2 Å². The molecule has 17 heavy (non-hydrogen) atoms. The minimum absolute atomic E-state index is 0.0442. The number of hydrogen-bond donors (Lipinski definition) is 2. The molecule has 1 heterocycles.